The van der Waals surface area contributed by atoms with Gasteiger partial charge in [-0.05, 0) is 48.9 Å². The van der Waals surface area contributed by atoms with Crippen molar-refractivity contribution in [1.82, 2.24) is 15.4 Å². The zero-order valence-electron chi connectivity index (χ0n) is 14.9. The number of carbonyl (C=O) groups excluding carboxylic acids is 2. The van der Waals surface area contributed by atoms with E-state index in [1.54, 1.807) is 31.2 Å². The number of esters is 1. The van der Waals surface area contributed by atoms with Crippen LogP contribution < -0.4 is 10.2 Å². The topological polar surface area (TPSA) is 96.4 Å². The van der Waals surface area contributed by atoms with Gasteiger partial charge in [0.15, 0.2) is 5.16 Å². The van der Waals surface area contributed by atoms with Gasteiger partial charge in [0.25, 0.3) is 5.91 Å². The Labute approximate surface area is 160 Å². The molecule has 0 spiro atoms. The van der Waals surface area contributed by atoms with Crippen LogP contribution >= 0.6 is 11.8 Å². The van der Waals surface area contributed by atoms with Gasteiger partial charge in [-0.25, -0.2) is 10.4 Å². The molecule has 1 heterocycles. The number of benzene rings is 2. The molecule has 0 aliphatic heterocycles. The van der Waals surface area contributed by atoms with E-state index in [-0.39, 0.29) is 17.6 Å². The number of nitrogens with zero attached hydrogens (tertiary/aromatic N) is 2. The highest BCUT2D eigenvalue weighted by atomic mass is 32.2. The quantitative estimate of drug-likeness (QED) is 0.224. The summed E-state index contributed by atoms with van der Waals surface area (Å²) >= 11 is 1.31. The van der Waals surface area contributed by atoms with Gasteiger partial charge in [0.2, 0.25) is 0 Å². The van der Waals surface area contributed by atoms with Crippen LogP contribution in [-0.2, 0) is 9.59 Å². The Morgan fingerprint density at radius 1 is 1.15 bits per heavy atom. The predicted octanol–water partition coefficient (Wildman–Crippen LogP) is 3.12. The second-order valence-electron chi connectivity index (χ2n) is 5.70. The van der Waals surface area contributed by atoms with Crippen molar-refractivity contribution in [3.63, 3.8) is 0 Å². The molecular formula is C19H18N4O3S. The highest BCUT2D eigenvalue weighted by Gasteiger charge is 2.07. The normalized spacial score (nSPS) is 11.4. The van der Waals surface area contributed by atoms with Crippen molar-refractivity contribution in [3.05, 3.63) is 54.1 Å². The Morgan fingerprint density at radius 3 is 2.59 bits per heavy atom. The van der Waals surface area contributed by atoms with E-state index in [2.05, 4.69) is 20.5 Å². The fourth-order valence-electron chi connectivity index (χ4n) is 2.30. The monoisotopic (exact) mass is 382 g/mol. The number of imidazole rings is 1. The van der Waals surface area contributed by atoms with Gasteiger partial charge >= 0.3 is 5.97 Å². The fourth-order valence-corrected chi connectivity index (χ4v) is 2.98. The minimum Gasteiger partial charge on any atom is -0.427 e. The van der Waals surface area contributed by atoms with Gasteiger partial charge in [0.05, 0.1) is 22.5 Å². The number of hydrazone groups is 1. The average molecular weight is 382 g/mol. The maximum Gasteiger partial charge on any atom is 0.308 e. The molecule has 0 fully saturated rings. The zero-order valence-corrected chi connectivity index (χ0v) is 15.7. The number of hydrogen-bond acceptors (Lipinski definition) is 6. The Morgan fingerprint density at radius 2 is 1.89 bits per heavy atom. The van der Waals surface area contributed by atoms with Gasteiger partial charge in [-0.15, -0.1) is 0 Å². The molecule has 7 nitrogen and oxygen atoms in total. The number of para-hydroxylation sites is 2. The maximum absolute atomic E-state index is 12.0. The van der Waals surface area contributed by atoms with E-state index in [4.69, 9.17) is 4.74 Å². The second kappa shape index (κ2) is 8.50. The summed E-state index contributed by atoms with van der Waals surface area (Å²) in [5.41, 5.74) is 5.80. The van der Waals surface area contributed by atoms with Crippen LogP contribution in [0.1, 0.15) is 19.4 Å². The minimum atomic E-state index is -0.373. The van der Waals surface area contributed by atoms with Crippen molar-refractivity contribution in [2.45, 2.75) is 19.0 Å². The number of fused-ring (bicyclic) bond motifs is 1. The van der Waals surface area contributed by atoms with E-state index >= 15 is 0 Å². The number of aromatic amines is 1. The van der Waals surface area contributed by atoms with Crippen molar-refractivity contribution in [1.29, 1.82) is 0 Å². The third kappa shape index (κ3) is 5.18. The minimum absolute atomic E-state index is 0.196. The van der Waals surface area contributed by atoms with Gasteiger partial charge < -0.3 is 9.72 Å². The average Bonchev–Trinajstić information content (AvgIpc) is 3.07. The van der Waals surface area contributed by atoms with Crippen LogP contribution in [0, 0.1) is 0 Å². The van der Waals surface area contributed by atoms with Crippen LogP contribution in [-0.4, -0.2) is 33.3 Å². The SMILES string of the molecule is CC(=O)Oc1ccc(/C(C)=N/NC(=O)CSc2nc3ccccc3[nH]2)cc1. The fraction of sp³-hybridized carbons (Fsp3) is 0.158. The molecular weight excluding hydrogens is 364 g/mol. The lowest BCUT2D eigenvalue weighted by atomic mass is 10.1. The molecule has 27 heavy (non-hydrogen) atoms. The van der Waals surface area contributed by atoms with E-state index in [0.717, 1.165) is 16.6 Å². The van der Waals surface area contributed by atoms with E-state index in [9.17, 15) is 9.59 Å². The van der Waals surface area contributed by atoms with Crippen molar-refractivity contribution in [2.24, 2.45) is 5.10 Å². The largest absolute Gasteiger partial charge is 0.427 e. The first kappa shape index (κ1) is 18.7. The summed E-state index contributed by atoms with van der Waals surface area (Å²) in [5, 5.41) is 4.79. The van der Waals surface area contributed by atoms with Crippen LogP contribution in [0.15, 0.2) is 58.8 Å². The Balaban J connectivity index is 1.53. The lowest BCUT2D eigenvalue weighted by Gasteiger charge is -2.04. The lowest BCUT2D eigenvalue weighted by molar-refractivity contribution is -0.131. The standard InChI is InChI=1S/C19H18N4O3S/c1-12(14-7-9-15(10-8-14)26-13(2)24)22-23-18(25)11-27-19-20-16-5-3-4-6-17(16)21-19/h3-10H,11H2,1-2H3,(H,20,21)(H,23,25)/b22-12+. The number of nitrogens with one attached hydrogen (secondary N) is 2. The molecule has 3 rings (SSSR count). The highest BCUT2D eigenvalue weighted by molar-refractivity contribution is 7.99. The number of H-pyrrole nitrogens is 1. The summed E-state index contributed by atoms with van der Waals surface area (Å²) in [6, 6.07) is 14.6. The third-order valence-corrected chi connectivity index (χ3v) is 4.46. The molecule has 1 amide bonds. The van der Waals surface area contributed by atoms with Crippen molar-refractivity contribution < 1.29 is 14.3 Å². The van der Waals surface area contributed by atoms with Crippen LogP contribution in [0.25, 0.3) is 11.0 Å². The summed E-state index contributed by atoms with van der Waals surface area (Å²) in [6.07, 6.45) is 0. The molecule has 2 aromatic carbocycles. The smallest absolute Gasteiger partial charge is 0.308 e. The number of rotatable bonds is 6. The first-order valence-corrected chi connectivity index (χ1v) is 9.19. The summed E-state index contributed by atoms with van der Waals surface area (Å²) < 4.78 is 4.98. The third-order valence-electron chi connectivity index (χ3n) is 3.59. The number of carbonyl (C=O) groups is 2. The van der Waals surface area contributed by atoms with Crippen LogP contribution in [0.3, 0.4) is 0 Å². The number of thioether (sulfide) groups is 1. The van der Waals surface area contributed by atoms with E-state index in [1.807, 2.05) is 24.3 Å². The predicted molar refractivity (Wildman–Crippen MR) is 105 cm³/mol. The number of ether oxygens (including phenoxy) is 1. The Bertz CT molecular complexity index is 963. The molecule has 0 aliphatic carbocycles. The molecule has 2 N–H and O–H groups in total. The molecule has 0 atom stereocenters. The number of aromatic nitrogens is 2. The summed E-state index contributed by atoms with van der Waals surface area (Å²) in [7, 11) is 0. The van der Waals surface area contributed by atoms with Gasteiger partial charge in [-0.2, -0.15) is 5.10 Å². The van der Waals surface area contributed by atoms with Gasteiger partial charge in [-0.3, -0.25) is 9.59 Å². The van der Waals surface area contributed by atoms with Gasteiger partial charge in [0.1, 0.15) is 5.75 Å². The molecule has 0 aliphatic rings. The lowest BCUT2D eigenvalue weighted by Crippen LogP contribution is -2.21. The second-order valence-corrected chi connectivity index (χ2v) is 6.66. The summed E-state index contributed by atoms with van der Waals surface area (Å²) in [5.74, 6) is 0.0612. The molecule has 0 saturated carbocycles. The number of hydrogen-bond donors (Lipinski definition) is 2. The molecule has 8 heteroatoms. The number of amides is 1. The Hall–Kier alpha value is -3.13. The molecule has 0 radical (unpaired) electrons. The Kier molecular flexibility index (Phi) is 5.87. The summed E-state index contributed by atoms with van der Waals surface area (Å²) in [4.78, 5) is 30.5. The van der Waals surface area contributed by atoms with E-state index in [0.29, 0.717) is 16.6 Å². The molecule has 138 valence electrons. The molecule has 1 aromatic heterocycles. The first-order chi connectivity index (χ1) is 13.0. The zero-order chi connectivity index (χ0) is 19.2. The molecule has 0 unspecified atom stereocenters. The highest BCUT2D eigenvalue weighted by Crippen LogP contribution is 2.18. The van der Waals surface area contributed by atoms with E-state index in [1.165, 1.54) is 18.7 Å². The molecule has 3 aromatic rings. The van der Waals surface area contributed by atoms with Crippen molar-refractivity contribution >= 4 is 40.4 Å². The van der Waals surface area contributed by atoms with E-state index < -0.39 is 0 Å². The van der Waals surface area contributed by atoms with Crippen LogP contribution in [0.5, 0.6) is 5.75 Å². The maximum atomic E-state index is 12.0. The van der Waals surface area contributed by atoms with Crippen molar-refractivity contribution in [2.75, 3.05) is 5.75 Å². The van der Waals surface area contributed by atoms with Crippen LogP contribution in [0.4, 0.5) is 0 Å². The summed E-state index contributed by atoms with van der Waals surface area (Å²) in [6.45, 7) is 3.13. The van der Waals surface area contributed by atoms with Gasteiger partial charge in [-0.1, -0.05) is 23.9 Å². The first-order valence-electron chi connectivity index (χ1n) is 8.21. The van der Waals surface area contributed by atoms with Crippen LogP contribution in [0.2, 0.25) is 0 Å². The van der Waals surface area contributed by atoms with Gasteiger partial charge in [0, 0.05) is 6.92 Å². The molecule has 0 bridgehead atoms. The van der Waals surface area contributed by atoms with Crippen molar-refractivity contribution in [3.8, 4) is 5.75 Å². The molecule has 0 saturated heterocycles.